The largest absolute Gasteiger partial charge is 0.489 e. The second kappa shape index (κ2) is 9.13. The molecule has 0 fully saturated rings. The first-order chi connectivity index (χ1) is 13.4. The minimum Gasteiger partial charge on any atom is -0.489 e. The van der Waals surface area contributed by atoms with E-state index in [1.807, 2.05) is 30.3 Å². The monoisotopic (exact) mass is 459 g/mol. The standard InChI is InChI=1S/C22H19BrClNO3/c1-14-3-2-4-15(9-14)13-28-21-8-5-17(23)10-16(21)12-25-18-6-7-19(22(26)27)20(24)11-18/h2-11,25H,12-13H2,1H3,(H,26,27). The molecule has 0 aliphatic heterocycles. The van der Waals surface area contributed by atoms with Crippen LogP contribution in [0.3, 0.4) is 0 Å². The zero-order chi connectivity index (χ0) is 20.1. The summed E-state index contributed by atoms with van der Waals surface area (Å²) in [6.07, 6.45) is 0. The highest BCUT2D eigenvalue weighted by molar-refractivity contribution is 9.10. The summed E-state index contributed by atoms with van der Waals surface area (Å²) >= 11 is 9.54. The summed E-state index contributed by atoms with van der Waals surface area (Å²) in [6.45, 7) is 3.04. The number of benzene rings is 3. The summed E-state index contributed by atoms with van der Waals surface area (Å²) in [6, 6.07) is 18.9. The van der Waals surface area contributed by atoms with Gasteiger partial charge >= 0.3 is 5.97 Å². The third-order valence-corrected chi connectivity index (χ3v) is 4.99. The molecule has 0 saturated carbocycles. The van der Waals surface area contributed by atoms with Crippen molar-refractivity contribution in [1.82, 2.24) is 0 Å². The average molecular weight is 461 g/mol. The van der Waals surface area contributed by atoms with Crippen LogP contribution >= 0.6 is 27.5 Å². The Balaban J connectivity index is 1.72. The minimum atomic E-state index is -1.05. The second-order valence-electron chi connectivity index (χ2n) is 6.38. The molecular weight excluding hydrogens is 442 g/mol. The predicted octanol–water partition coefficient (Wildman–Crippen LogP) is 6.30. The molecule has 0 aliphatic carbocycles. The van der Waals surface area contributed by atoms with Gasteiger partial charge in [-0.1, -0.05) is 57.4 Å². The lowest BCUT2D eigenvalue weighted by molar-refractivity contribution is 0.0697. The van der Waals surface area contributed by atoms with Gasteiger partial charge in [-0.3, -0.25) is 0 Å². The van der Waals surface area contributed by atoms with E-state index in [1.165, 1.54) is 11.6 Å². The maximum atomic E-state index is 11.1. The molecule has 0 bridgehead atoms. The van der Waals surface area contributed by atoms with Crippen LogP contribution in [-0.4, -0.2) is 11.1 Å². The number of carboxylic acids is 1. The van der Waals surface area contributed by atoms with E-state index in [-0.39, 0.29) is 10.6 Å². The van der Waals surface area contributed by atoms with Gasteiger partial charge in [-0.05, 0) is 48.9 Å². The summed E-state index contributed by atoms with van der Waals surface area (Å²) in [5.74, 6) is -0.263. The van der Waals surface area contributed by atoms with Crippen molar-refractivity contribution in [3.05, 3.63) is 92.4 Å². The van der Waals surface area contributed by atoms with Gasteiger partial charge in [0.2, 0.25) is 0 Å². The van der Waals surface area contributed by atoms with Crippen LogP contribution in [-0.2, 0) is 13.2 Å². The highest BCUT2D eigenvalue weighted by Crippen LogP contribution is 2.27. The molecule has 144 valence electrons. The number of aryl methyl sites for hydroxylation is 1. The number of hydrogen-bond acceptors (Lipinski definition) is 3. The molecule has 0 atom stereocenters. The molecule has 3 aromatic rings. The summed E-state index contributed by atoms with van der Waals surface area (Å²) in [7, 11) is 0. The summed E-state index contributed by atoms with van der Waals surface area (Å²) in [4.78, 5) is 11.1. The van der Waals surface area contributed by atoms with E-state index < -0.39 is 5.97 Å². The zero-order valence-corrected chi connectivity index (χ0v) is 17.5. The normalized spacial score (nSPS) is 10.5. The smallest absolute Gasteiger partial charge is 0.337 e. The van der Waals surface area contributed by atoms with Crippen molar-refractivity contribution in [2.75, 3.05) is 5.32 Å². The van der Waals surface area contributed by atoms with Crippen molar-refractivity contribution in [3.8, 4) is 5.75 Å². The molecule has 2 N–H and O–H groups in total. The van der Waals surface area contributed by atoms with Crippen molar-refractivity contribution >= 4 is 39.2 Å². The van der Waals surface area contributed by atoms with E-state index in [1.54, 1.807) is 12.1 Å². The first kappa shape index (κ1) is 20.2. The Morgan fingerprint density at radius 2 is 1.96 bits per heavy atom. The summed E-state index contributed by atoms with van der Waals surface area (Å²) in [5.41, 5.74) is 4.09. The third kappa shape index (κ3) is 5.27. The summed E-state index contributed by atoms with van der Waals surface area (Å²) in [5, 5.41) is 12.5. The van der Waals surface area contributed by atoms with Gasteiger partial charge in [0.05, 0.1) is 10.6 Å². The lowest BCUT2D eigenvalue weighted by Gasteiger charge is -2.14. The molecular formula is C22H19BrClNO3. The average Bonchev–Trinajstić information content (AvgIpc) is 2.65. The van der Waals surface area contributed by atoms with Gasteiger partial charge in [-0.2, -0.15) is 0 Å². The van der Waals surface area contributed by atoms with Crippen LogP contribution in [0.2, 0.25) is 5.02 Å². The maximum Gasteiger partial charge on any atom is 0.337 e. The number of nitrogens with one attached hydrogen (secondary N) is 1. The quantitative estimate of drug-likeness (QED) is 0.434. The van der Waals surface area contributed by atoms with Gasteiger partial charge < -0.3 is 15.2 Å². The van der Waals surface area contributed by atoms with Crippen molar-refractivity contribution < 1.29 is 14.6 Å². The molecule has 0 aliphatic rings. The lowest BCUT2D eigenvalue weighted by Crippen LogP contribution is -2.05. The highest BCUT2D eigenvalue weighted by Gasteiger charge is 2.10. The number of rotatable bonds is 7. The lowest BCUT2D eigenvalue weighted by atomic mass is 10.1. The van der Waals surface area contributed by atoms with Crippen molar-refractivity contribution in [2.24, 2.45) is 0 Å². The second-order valence-corrected chi connectivity index (χ2v) is 7.71. The maximum absolute atomic E-state index is 11.1. The number of ether oxygens (including phenoxy) is 1. The van der Waals surface area contributed by atoms with E-state index in [0.29, 0.717) is 13.2 Å². The van der Waals surface area contributed by atoms with Crippen LogP contribution in [0, 0.1) is 6.92 Å². The van der Waals surface area contributed by atoms with E-state index in [0.717, 1.165) is 27.0 Å². The Morgan fingerprint density at radius 3 is 2.68 bits per heavy atom. The highest BCUT2D eigenvalue weighted by atomic mass is 79.9. The fourth-order valence-electron chi connectivity index (χ4n) is 2.79. The molecule has 28 heavy (non-hydrogen) atoms. The first-order valence-corrected chi connectivity index (χ1v) is 9.83. The van der Waals surface area contributed by atoms with Crippen LogP contribution in [0.1, 0.15) is 27.0 Å². The molecule has 0 aromatic heterocycles. The van der Waals surface area contributed by atoms with Gasteiger partial charge in [0.15, 0.2) is 0 Å². The van der Waals surface area contributed by atoms with Gasteiger partial charge in [0, 0.05) is 22.3 Å². The fourth-order valence-corrected chi connectivity index (χ4v) is 3.46. The number of carbonyl (C=O) groups is 1. The zero-order valence-electron chi connectivity index (χ0n) is 15.2. The molecule has 0 heterocycles. The minimum absolute atomic E-state index is 0.0804. The van der Waals surface area contributed by atoms with Crippen molar-refractivity contribution in [3.63, 3.8) is 0 Å². The van der Waals surface area contributed by atoms with E-state index in [2.05, 4.69) is 40.3 Å². The molecule has 0 radical (unpaired) electrons. The topological polar surface area (TPSA) is 58.6 Å². The molecule has 4 nitrogen and oxygen atoms in total. The number of carboxylic acid groups (broad SMARTS) is 1. The SMILES string of the molecule is Cc1cccc(COc2ccc(Br)cc2CNc2ccc(C(=O)O)c(Cl)c2)c1. The van der Waals surface area contributed by atoms with E-state index in [4.69, 9.17) is 21.4 Å². The molecule has 0 saturated heterocycles. The predicted molar refractivity (Wildman–Crippen MR) is 115 cm³/mol. The number of anilines is 1. The molecule has 0 unspecified atom stereocenters. The Hall–Kier alpha value is -2.50. The van der Waals surface area contributed by atoms with Gasteiger partial charge in [0.25, 0.3) is 0 Å². The third-order valence-electron chi connectivity index (χ3n) is 4.18. The van der Waals surface area contributed by atoms with Gasteiger partial charge in [-0.25, -0.2) is 4.79 Å². The van der Waals surface area contributed by atoms with E-state index in [9.17, 15) is 4.79 Å². The number of hydrogen-bond donors (Lipinski definition) is 2. The Labute approximate surface area is 177 Å². The number of halogens is 2. The molecule has 3 rings (SSSR count). The molecule has 0 amide bonds. The Kier molecular flexibility index (Phi) is 6.60. The first-order valence-electron chi connectivity index (χ1n) is 8.66. The Bertz CT molecular complexity index is 1010. The molecule has 6 heteroatoms. The van der Waals surface area contributed by atoms with Crippen LogP contribution < -0.4 is 10.1 Å². The van der Waals surface area contributed by atoms with Crippen LogP contribution in [0.5, 0.6) is 5.75 Å². The number of aromatic carboxylic acids is 1. The van der Waals surface area contributed by atoms with Gasteiger partial charge in [0.1, 0.15) is 12.4 Å². The van der Waals surface area contributed by atoms with E-state index >= 15 is 0 Å². The van der Waals surface area contributed by atoms with Crippen LogP contribution in [0.15, 0.2) is 65.1 Å². The molecule has 0 spiro atoms. The Morgan fingerprint density at radius 1 is 1.14 bits per heavy atom. The van der Waals surface area contributed by atoms with Crippen molar-refractivity contribution in [1.29, 1.82) is 0 Å². The summed E-state index contributed by atoms with van der Waals surface area (Å²) < 4.78 is 6.98. The fraction of sp³-hybridized carbons (Fsp3) is 0.136. The molecule has 3 aromatic carbocycles. The van der Waals surface area contributed by atoms with Crippen LogP contribution in [0.4, 0.5) is 5.69 Å². The van der Waals surface area contributed by atoms with Crippen molar-refractivity contribution in [2.45, 2.75) is 20.1 Å². The van der Waals surface area contributed by atoms with Gasteiger partial charge in [-0.15, -0.1) is 0 Å². The van der Waals surface area contributed by atoms with Crippen LogP contribution in [0.25, 0.3) is 0 Å².